The van der Waals surface area contributed by atoms with Gasteiger partial charge in [-0.1, -0.05) is 30.3 Å². The molecule has 0 bridgehead atoms. The third kappa shape index (κ3) is 2.64. The van der Waals surface area contributed by atoms with Gasteiger partial charge in [0.2, 0.25) is 0 Å². The van der Waals surface area contributed by atoms with E-state index in [1.807, 2.05) is 0 Å². The van der Waals surface area contributed by atoms with Crippen molar-refractivity contribution >= 4 is 53.7 Å². The highest BCUT2D eigenvalue weighted by molar-refractivity contribution is 9.10. The Morgan fingerprint density at radius 3 is 2.48 bits per heavy atom. The molecule has 0 aliphatic rings. The van der Waals surface area contributed by atoms with E-state index in [1.165, 1.54) is 0 Å². The van der Waals surface area contributed by atoms with Crippen LogP contribution in [-0.4, -0.2) is 13.5 Å². The number of sulfonamides is 1. The lowest BCUT2D eigenvalue weighted by Gasteiger charge is -2.12. The molecular weight excluding hydrogens is 374 g/mol. The lowest BCUT2D eigenvalue weighted by Crippen LogP contribution is -2.11. The number of benzene rings is 2. The third-order valence-corrected chi connectivity index (χ3v) is 6.34. The summed E-state index contributed by atoms with van der Waals surface area (Å²) < 4.78 is 27.9. The molecule has 0 radical (unpaired) electrons. The maximum Gasteiger partial charge on any atom is 0.271 e. The molecule has 0 saturated carbocycles. The molecule has 7 heteroatoms. The van der Waals surface area contributed by atoms with Crippen LogP contribution in [0.2, 0.25) is 0 Å². The number of fused-ring (bicyclic) bond motifs is 1. The molecule has 108 valence electrons. The van der Waals surface area contributed by atoms with Crippen molar-refractivity contribution in [1.82, 2.24) is 0 Å². The molecule has 1 aromatic heterocycles. The Morgan fingerprint density at radius 1 is 1.10 bits per heavy atom. The molecule has 2 N–H and O–H groups in total. The quantitative estimate of drug-likeness (QED) is 0.666. The summed E-state index contributed by atoms with van der Waals surface area (Å²) >= 11 is 4.39. The standard InChI is InChI=1S/C14H10BrNO3S2/c15-11-8-12(9-4-1-2-5-10(9)14(11)17)16-21(18,19)13-6-3-7-20-13/h1-8,16-17H. The van der Waals surface area contributed by atoms with E-state index >= 15 is 0 Å². The zero-order valence-corrected chi connectivity index (χ0v) is 13.8. The van der Waals surface area contributed by atoms with Crippen LogP contribution < -0.4 is 4.72 Å². The van der Waals surface area contributed by atoms with Gasteiger partial charge in [0.05, 0.1) is 10.2 Å². The van der Waals surface area contributed by atoms with Crippen LogP contribution >= 0.6 is 27.3 Å². The minimum absolute atomic E-state index is 0.0877. The Morgan fingerprint density at radius 2 is 1.81 bits per heavy atom. The van der Waals surface area contributed by atoms with Gasteiger partial charge in [-0.15, -0.1) is 11.3 Å². The molecule has 1 heterocycles. The summed E-state index contributed by atoms with van der Waals surface area (Å²) in [6.07, 6.45) is 0. The highest BCUT2D eigenvalue weighted by atomic mass is 79.9. The van der Waals surface area contributed by atoms with Crippen molar-refractivity contribution in [1.29, 1.82) is 0 Å². The smallest absolute Gasteiger partial charge is 0.271 e. The van der Waals surface area contributed by atoms with Crippen molar-refractivity contribution in [3.8, 4) is 5.75 Å². The highest BCUT2D eigenvalue weighted by Crippen LogP contribution is 2.38. The Kier molecular flexibility index (Phi) is 3.64. The minimum Gasteiger partial charge on any atom is -0.506 e. The maximum absolute atomic E-state index is 12.3. The number of nitrogens with one attached hydrogen (secondary N) is 1. The van der Waals surface area contributed by atoms with Gasteiger partial charge in [-0.2, -0.15) is 0 Å². The predicted molar refractivity (Wildman–Crippen MR) is 88.4 cm³/mol. The second-order valence-corrected chi connectivity index (χ2v) is 8.05. The molecule has 0 unspecified atom stereocenters. The summed E-state index contributed by atoms with van der Waals surface area (Å²) in [6, 6.07) is 11.9. The van der Waals surface area contributed by atoms with Crippen LogP contribution in [-0.2, 0) is 10.0 Å². The van der Waals surface area contributed by atoms with Crippen molar-refractivity contribution in [2.45, 2.75) is 4.21 Å². The number of rotatable bonds is 3. The van der Waals surface area contributed by atoms with E-state index in [0.717, 1.165) is 11.3 Å². The molecule has 0 aliphatic heterocycles. The van der Waals surface area contributed by atoms with Gasteiger partial charge in [0.1, 0.15) is 9.96 Å². The number of thiophene rings is 1. The van der Waals surface area contributed by atoms with Gasteiger partial charge in [0.15, 0.2) is 0 Å². The minimum atomic E-state index is -3.63. The molecule has 0 fully saturated rings. The monoisotopic (exact) mass is 383 g/mol. The van der Waals surface area contributed by atoms with Gasteiger partial charge >= 0.3 is 0 Å². The van der Waals surface area contributed by atoms with Crippen LogP contribution in [0, 0.1) is 0 Å². The van der Waals surface area contributed by atoms with Crippen molar-refractivity contribution in [3.05, 3.63) is 52.3 Å². The number of hydrogen-bond donors (Lipinski definition) is 2. The first-order valence-electron chi connectivity index (χ1n) is 5.95. The summed E-state index contributed by atoms with van der Waals surface area (Å²) in [7, 11) is -3.63. The van der Waals surface area contributed by atoms with Crippen LogP contribution in [0.4, 0.5) is 5.69 Å². The van der Waals surface area contributed by atoms with Crippen LogP contribution in [0.5, 0.6) is 5.75 Å². The lowest BCUT2D eigenvalue weighted by molar-refractivity contribution is 0.478. The number of phenolic OH excluding ortho intramolecular Hbond substituents is 1. The Hall–Kier alpha value is -1.57. The molecule has 2 aromatic carbocycles. The van der Waals surface area contributed by atoms with Crippen LogP contribution in [0.1, 0.15) is 0 Å². The molecular formula is C14H10BrNO3S2. The van der Waals surface area contributed by atoms with E-state index in [0.29, 0.717) is 20.9 Å². The fourth-order valence-electron chi connectivity index (χ4n) is 2.02. The van der Waals surface area contributed by atoms with E-state index < -0.39 is 10.0 Å². The second kappa shape index (κ2) is 5.32. The molecule has 21 heavy (non-hydrogen) atoms. The number of aromatic hydroxyl groups is 1. The van der Waals surface area contributed by atoms with Crippen molar-refractivity contribution in [2.24, 2.45) is 0 Å². The van der Waals surface area contributed by atoms with Crippen molar-refractivity contribution < 1.29 is 13.5 Å². The van der Waals surface area contributed by atoms with E-state index in [1.54, 1.807) is 47.8 Å². The topological polar surface area (TPSA) is 66.4 Å². The van der Waals surface area contributed by atoms with Gasteiger partial charge in [-0.05, 0) is 33.4 Å². The summed E-state index contributed by atoms with van der Waals surface area (Å²) in [5.41, 5.74) is 0.420. The molecule has 4 nitrogen and oxygen atoms in total. The van der Waals surface area contributed by atoms with E-state index in [-0.39, 0.29) is 9.96 Å². The molecule has 0 spiro atoms. The summed E-state index contributed by atoms with van der Waals surface area (Å²) in [4.78, 5) is 0. The number of phenols is 1. The van der Waals surface area contributed by atoms with Gasteiger partial charge < -0.3 is 5.11 Å². The first kappa shape index (κ1) is 14.4. The highest BCUT2D eigenvalue weighted by Gasteiger charge is 2.18. The summed E-state index contributed by atoms with van der Waals surface area (Å²) in [6.45, 7) is 0. The van der Waals surface area contributed by atoms with E-state index in [4.69, 9.17) is 0 Å². The number of halogens is 1. The van der Waals surface area contributed by atoms with E-state index in [9.17, 15) is 13.5 Å². The van der Waals surface area contributed by atoms with Gasteiger partial charge in [0, 0.05) is 10.8 Å². The van der Waals surface area contributed by atoms with Gasteiger partial charge in [-0.25, -0.2) is 8.42 Å². The summed E-state index contributed by atoms with van der Waals surface area (Å²) in [5, 5.41) is 13.0. The molecule has 0 aliphatic carbocycles. The molecule has 0 atom stereocenters. The zero-order valence-electron chi connectivity index (χ0n) is 10.6. The Balaban J connectivity index is 2.16. The number of anilines is 1. The fraction of sp³-hybridized carbons (Fsp3) is 0. The fourth-order valence-corrected chi connectivity index (χ4v) is 4.53. The molecule has 3 aromatic rings. The first-order chi connectivity index (χ1) is 9.99. The second-order valence-electron chi connectivity index (χ2n) is 4.34. The van der Waals surface area contributed by atoms with E-state index in [2.05, 4.69) is 20.7 Å². The first-order valence-corrected chi connectivity index (χ1v) is 9.11. The Labute approximate surface area is 134 Å². The maximum atomic E-state index is 12.3. The summed E-state index contributed by atoms with van der Waals surface area (Å²) in [5.74, 6) is 0.0877. The third-order valence-electron chi connectivity index (χ3n) is 2.97. The lowest BCUT2D eigenvalue weighted by atomic mass is 10.1. The SMILES string of the molecule is O=S(=O)(Nc1cc(Br)c(O)c2ccccc12)c1cccs1. The van der Waals surface area contributed by atoms with Crippen LogP contribution in [0.15, 0.2) is 56.5 Å². The Bertz CT molecular complexity index is 905. The molecule has 0 saturated heterocycles. The average Bonchev–Trinajstić information content (AvgIpc) is 2.99. The normalized spacial score (nSPS) is 11.7. The molecule has 3 rings (SSSR count). The van der Waals surface area contributed by atoms with Crippen molar-refractivity contribution in [2.75, 3.05) is 4.72 Å². The predicted octanol–water partition coefficient (Wildman–Crippen LogP) is 4.17. The van der Waals surface area contributed by atoms with Crippen LogP contribution in [0.25, 0.3) is 10.8 Å². The largest absolute Gasteiger partial charge is 0.506 e. The zero-order chi connectivity index (χ0) is 15.0. The number of hydrogen-bond acceptors (Lipinski definition) is 4. The van der Waals surface area contributed by atoms with Gasteiger partial charge in [-0.3, -0.25) is 4.72 Å². The van der Waals surface area contributed by atoms with Gasteiger partial charge in [0.25, 0.3) is 10.0 Å². The van der Waals surface area contributed by atoms with Crippen LogP contribution in [0.3, 0.4) is 0 Å². The average molecular weight is 384 g/mol. The van der Waals surface area contributed by atoms with Crippen molar-refractivity contribution in [3.63, 3.8) is 0 Å². The molecule has 0 amide bonds.